The molecule has 0 N–H and O–H groups in total. The molecule has 0 atom stereocenters. The van der Waals surface area contributed by atoms with Crippen LogP contribution in [0.1, 0.15) is 6.42 Å². The summed E-state index contributed by atoms with van der Waals surface area (Å²) in [5, 5.41) is 13.0. The molecule has 7 nitrogen and oxygen atoms in total. The Morgan fingerprint density at radius 1 is 1.09 bits per heavy atom. The van der Waals surface area contributed by atoms with Gasteiger partial charge in [0.25, 0.3) is 0 Å². The van der Waals surface area contributed by atoms with E-state index in [0.717, 1.165) is 56.8 Å². The van der Waals surface area contributed by atoms with E-state index in [-0.39, 0.29) is 0 Å². The summed E-state index contributed by atoms with van der Waals surface area (Å²) >= 11 is 1.69. The second-order valence-electron chi connectivity index (χ2n) is 9.47. The van der Waals surface area contributed by atoms with Crippen molar-refractivity contribution >= 4 is 31.0 Å². The third-order valence-electron chi connectivity index (χ3n) is 5.44. The van der Waals surface area contributed by atoms with Crippen molar-refractivity contribution in [3.05, 3.63) is 49.1 Å². The number of aryl methyl sites for hydroxylation is 1. The van der Waals surface area contributed by atoms with Crippen LogP contribution in [-0.2, 0) is 18.5 Å². The minimum atomic E-state index is -1.15. The number of rotatable bonds is 10. The second kappa shape index (κ2) is 10.6. The Bertz CT molecular complexity index is 1300. The van der Waals surface area contributed by atoms with Gasteiger partial charge in [-0.2, -0.15) is 10.4 Å². The molecule has 0 saturated heterocycles. The molecule has 0 fully saturated rings. The van der Waals surface area contributed by atoms with E-state index in [9.17, 15) is 0 Å². The third kappa shape index (κ3) is 5.94. The maximum absolute atomic E-state index is 8.77. The van der Waals surface area contributed by atoms with Crippen LogP contribution in [0.5, 0.6) is 0 Å². The normalized spacial score (nSPS) is 11.7. The van der Waals surface area contributed by atoms with E-state index in [0.29, 0.717) is 13.2 Å². The van der Waals surface area contributed by atoms with Crippen LogP contribution in [0.3, 0.4) is 0 Å². The number of thioether (sulfide) groups is 1. The fraction of sp³-hybridized carbons (Fsp3) is 0.360. The molecule has 3 heterocycles. The van der Waals surface area contributed by atoms with Gasteiger partial charge in [0.1, 0.15) is 12.2 Å². The van der Waals surface area contributed by atoms with E-state index in [1.807, 2.05) is 17.8 Å². The van der Waals surface area contributed by atoms with E-state index < -0.39 is 8.07 Å². The van der Waals surface area contributed by atoms with Gasteiger partial charge < -0.3 is 9.30 Å². The van der Waals surface area contributed by atoms with Crippen LogP contribution in [0.4, 0.5) is 0 Å². The predicted molar refractivity (Wildman–Crippen MR) is 140 cm³/mol. The summed E-state index contributed by atoms with van der Waals surface area (Å²) < 4.78 is 9.84. The van der Waals surface area contributed by atoms with Gasteiger partial charge in [-0.25, -0.2) is 9.97 Å². The monoisotopic (exact) mass is 490 g/mol. The third-order valence-corrected chi connectivity index (χ3v) is 8.16. The Labute approximate surface area is 205 Å². The molecule has 0 spiro atoms. The zero-order chi connectivity index (χ0) is 24.1. The van der Waals surface area contributed by atoms with Crippen LogP contribution in [0, 0.1) is 11.3 Å². The first kappa shape index (κ1) is 24.2. The number of nitriles is 1. The highest BCUT2D eigenvalue weighted by molar-refractivity contribution is 7.99. The highest BCUT2D eigenvalue weighted by Gasteiger charge is 2.16. The zero-order valence-electron chi connectivity index (χ0n) is 20.2. The van der Waals surface area contributed by atoms with E-state index >= 15 is 0 Å². The largest absolute Gasteiger partial charge is 0.361 e. The SMILES string of the molecule is Cn1cc(-c2cnc3c(n2)c(-c2ccc(SCCC#N)cc2)cn3COCC[Si](C)(C)C)cn1. The molecular weight excluding hydrogens is 460 g/mol. The Kier molecular flexibility index (Phi) is 7.51. The summed E-state index contributed by atoms with van der Waals surface area (Å²) in [5.41, 5.74) is 5.49. The lowest BCUT2D eigenvalue weighted by Crippen LogP contribution is -2.22. The maximum Gasteiger partial charge on any atom is 0.161 e. The summed E-state index contributed by atoms with van der Waals surface area (Å²) in [6.45, 7) is 8.26. The number of benzene rings is 1. The molecule has 9 heteroatoms. The minimum absolute atomic E-state index is 0.448. The van der Waals surface area contributed by atoms with Gasteiger partial charge in [0, 0.05) is 62.3 Å². The van der Waals surface area contributed by atoms with Crippen molar-refractivity contribution in [2.45, 2.75) is 43.7 Å². The number of hydrogen-bond acceptors (Lipinski definition) is 6. The van der Waals surface area contributed by atoms with Crippen molar-refractivity contribution in [3.8, 4) is 28.5 Å². The number of ether oxygens (including phenoxy) is 1. The molecule has 0 aliphatic heterocycles. The number of aromatic nitrogens is 5. The van der Waals surface area contributed by atoms with Crippen LogP contribution in [0.2, 0.25) is 25.7 Å². The van der Waals surface area contributed by atoms with Crippen LogP contribution in [0.15, 0.2) is 53.9 Å². The van der Waals surface area contributed by atoms with Gasteiger partial charge in [-0.05, 0) is 23.7 Å². The highest BCUT2D eigenvalue weighted by atomic mass is 32.2. The topological polar surface area (TPSA) is 81.5 Å². The molecule has 34 heavy (non-hydrogen) atoms. The van der Waals surface area contributed by atoms with Gasteiger partial charge in [-0.1, -0.05) is 31.8 Å². The minimum Gasteiger partial charge on any atom is -0.361 e. The molecule has 3 aromatic heterocycles. The van der Waals surface area contributed by atoms with Gasteiger partial charge in [-0.15, -0.1) is 11.8 Å². The van der Waals surface area contributed by atoms with Crippen molar-refractivity contribution in [2.75, 3.05) is 12.4 Å². The smallest absolute Gasteiger partial charge is 0.161 e. The molecule has 0 saturated carbocycles. The second-order valence-corrected chi connectivity index (χ2v) is 16.3. The van der Waals surface area contributed by atoms with Crippen LogP contribution in [-0.4, -0.2) is 44.7 Å². The molecule has 0 aliphatic rings. The van der Waals surface area contributed by atoms with E-state index in [4.69, 9.17) is 20.0 Å². The first-order valence-corrected chi connectivity index (χ1v) is 16.1. The average Bonchev–Trinajstić information content (AvgIpc) is 3.40. The molecule has 0 amide bonds. The Hall–Kier alpha value is -2.93. The van der Waals surface area contributed by atoms with Gasteiger partial charge in [0.05, 0.1) is 24.2 Å². The van der Waals surface area contributed by atoms with Crippen LogP contribution >= 0.6 is 11.8 Å². The van der Waals surface area contributed by atoms with Crippen molar-refractivity contribution in [3.63, 3.8) is 0 Å². The summed E-state index contributed by atoms with van der Waals surface area (Å²) in [5.74, 6) is 0.795. The van der Waals surface area contributed by atoms with E-state index in [2.05, 4.69) is 61.3 Å². The molecule has 0 radical (unpaired) electrons. The van der Waals surface area contributed by atoms with Gasteiger partial charge in [-0.3, -0.25) is 4.68 Å². The van der Waals surface area contributed by atoms with Gasteiger partial charge in [0.15, 0.2) is 5.65 Å². The molecule has 4 rings (SSSR count). The van der Waals surface area contributed by atoms with Crippen molar-refractivity contribution in [2.24, 2.45) is 7.05 Å². The standard InChI is InChI=1S/C25H30N6OSSi/c1-30-16-20(14-28-30)23-15-27-25-24(29-23)22(17-31(25)18-32-11-13-34(2,3)4)19-6-8-21(9-7-19)33-12-5-10-26/h6-9,14-17H,5,11-13,18H2,1-4H3. The Balaban J connectivity index is 1.66. The molecular formula is C25H30N6OSSi. The van der Waals surface area contributed by atoms with Crippen LogP contribution in [0.25, 0.3) is 33.5 Å². The van der Waals surface area contributed by atoms with Crippen molar-refractivity contribution < 1.29 is 4.74 Å². The highest BCUT2D eigenvalue weighted by Crippen LogP contribution is 2.32. The fourth-order valence-electron chi connectivity index (χ4n) is 3.54. The average molecular weight is 491 g/mol. The molecule has 176 valence electrons. The van der Waals surface area contributed by atoms with Crippen LogP contribution < -0.4 is 0 Å². The van der Waals surface area contributed by atoms with Gasteiger partial charge >= 0.3 is 0 Å². The van der Waals surface area contributed by atoms with E-state index in [1.165, 1.54) is 0 Å². The molecule has 0 bridgehead atoms. The van der Waals surface area contributed by atoms with Crippen molar-refractivity contribution in [1.29, 1.82) is 5.26 Å². The number of hydrogen-bond donors (Lipinski definition) is 0. The number of nitrogens with zero attached hydrogens (tertiary/aromatic N) is 6. The molecule has 1 aromatic carbocycles. The lowest BCUT2D eigenvalue weighted by Gasteiger charge is -2.15. The summed E-state index contributed by atoms with van der Waals surface area (Å²) in [4.78, 5) is 10.9. The van der Waals surface area contributed by atoms with Crippen molar-refractivity contribution in [1.82, 2.24) is 24.3 Å². The zero-order valence-corrected chi connectivity index (χ0v) is 22.0. The predicted octanol–water partition coefficient (Wildman–Crippen LogP) is 5.82. The molecule has 0 unspecified atom stereocenters. The molecule has 4 aromatic rings. The summed E-state index contributed by atoms with van der Waals surface area (Å²) in [6, 6.07) is 11.7. The fourth-order valence-corrected chi connectivity index (χ4v) is 5.05. The quantitative estimate of drug-likeness (QED) is 0.158. The maximum atomic E-state index is 8.77. The van der Waals surface area contributed by atoms with E-state index in [1.54, 1.807) is 28.8 Å². The Morgan fingerprint density at radius 3 is 2.56 bits per heavy atom. The first-order valence-electron chi connectivity index (χ1n) is 11.4. The lowest BCUT2D eigenvalue weighted by molar-refractivity contribution is 0.0899. The Morgan fingerprint density at radius 2 is 1.88 bits per heavy atom. The summed E-state index contributed by atoms with van der Waals surface area (Å²) in [6.07, 6.45) is 8.18. The van der Waals surface area contributed by atoms with Gasteiger partial charge in [0.2, 0.25) is 0 Å². The first-order chi connectivity index (χ1) is 16.3. The molecule has 0 aliphatic carbocycles. The lowest BCUT2D eigenvalue weighted by atomic mass is 10.1. The number of fused-ring (bicyclic) bond motifs is 1. The summed E-state index contributed by atoms with van der Waals surface area (Å²) in [7, 11) is 0.747.